The van der Waals surface area contributed by atoms with Gasteiger partial charge in [0.15, 0.2) is 0 Å². The summed E-state index contributed by atoms with van der Waals surface area (Å²) < 4.78 is 5.55. The minimum atomic E-state index is -1.46. The lowest BCUT2D eigenvalue weighted by Crippen LogP contribution is -2.29. The molecular weight excluding hydrogens is 217 g/mol. The van der Waals surface area contributed by atoms with Crippen molar-refractivity contribution in [2.24, 2.45) is 0 Å². The Bertz CT molecular complexity index is 499. The van der Waals surface area contributed by atoms with Crippen molar-refractivity contribution in [3.05, 3.63) is 48.5 Å². The quantitative estimate of drug-likeness (QED) is 0.536. The third kappa shape index (κ3) is 2.99. The van der Waals surface area contributed by atoms with Gasteiger partial charge in [-0.3, -0.25) is 0 Å². The van der Waals surface area contributed by atoms with E-state index in [0.717, 1.165) is 0 Å². The van der Waals surface area contributed by atoms with Crippen LogP contribution >= 0.6 is 0 Å². The lowest BCUT2D eigenvalue weighted by Gasteiger charge is -2.07. The third-order valence-corrected chi connectivity index (χ3v) is 2.27. The topological polar surface area (TPSA) is 75.7 Å². The summed E-state index contributed by atoms with van der Waals surface area (Å²) in [4.78, 5) is 0. The minimum Gasteiger partial charge on any atom is -0.457 e. The highest BCUT2D eigenvalue weighted by atomic mass is 16.5. The van der Waals surface area contributed by atoms with Gasteiger partial charge in [-0.05, 0) is 29.7 Å². The fourth-order valence-electron chi connectivity index (χ4n) is 1.42. The molecule has 0 amide bonds. The summed E-state index contributed by atoms with van der Waals surface area (Å²) in [6.45, 7) is 0. The van der Waals surface area contributed by atoms with Gasteiger partial charge in [-0.1, -0.05) is 18.2 Å². The first-order valence-corrected chi connectivity index (χ1v) is 5.14. The molecule has 4 nitrogen and oxygen atoms in total. The average molecular weight is 229 g/mol. The Morgan fingerprint density at radius 1 is 0.941 bits per heavy atom. The molecule has 0 aliphatic carbocycles. The summed E-state index contributed by atoms with van der Waals surface area (Å²) in [5.41, 5.74) is 6.68. The Labute approximate surface area is 99.4 Å². The lowest BCUT2D eigenvalue weighted by atomic mass is 9.80. The SMILES string of the molecule is Nc1cccc(Oc2ccc(B(O)O)cc2)c1. The zero-order valence-electron chi connectivity index (χ0n) is 9.08. The van der Waals surface area contributed by atoms with Gasteiger partial charge in [-0.25, -0.2) is 0 Å². The first-order valence-electron chi connectivity index (χ1n) is 5.14. The van der Waals surface area contributed by atoms with Crippen molar-refractivity contribution in [1.82, 2.24) is 0 Å². The Hall–Kier alpha value is -1.98. The molecule has 0 saturated carbocycles. The molecule has 0 aromatic heterocycles. The van der Waals surface area contributed by atoms with Crippen molar-refractivity contribution >= 4 is 18.3 Å². The van der Waals surface area contributed by atoms with E-state index in [2.05, 4.69) is 0 Å². The molecule has 0 aliphatic rings. The second-order valence-electron chi connectivity index (χ2n) is 3.62. The number of anilines is 1. The number of nitrogens with two attached hydrogens (primary N) is 1. The number of hydrogen-bond donors (Lipinski definition) is 3. The number of nitrogen functional groups attached to an aromatic ring is 1. The van der Waals surface area contributed by atoms with Gasteiger partial charge < -0.3 is 20.5 Å². The molecular formula is C12H12BNO3. The molecule has 5 heteroatoms. The fourth-order valence-corrected chi connectivity index (χ4v) is 1.42. The number of ether oxygens (including phenoxy) is 1. The van der Waals surface area contributed by atoms with E-state index in [-0.39, 0.29) is 0 Å². The highest BCUT2D eigenvalue weighted by Gasteiger charge is 2.09. The molecule has 86 valence electrons. The van der Waals surface area contributed by atoms with Crippen LogP contribution in [0.25, 0.3) is 0 Å². The third-order valence-electron chi connectivity index (χ3n) is 2.27. The number of rotatable bonds is 3. The maximum Gasteiger partial charge on any atom is 0.488 e. The Balaban J connectivity index is 2.14. The Kier molecular flexibility index (Phi) is 3.32. The summed E-state index contributed by atoms with van der Waals surface area (Å²) in [5, 5.41) is 17.9. The molecule has 0 unspecified atom stereocenters. The molecule has 2 aromatic carbocycles. The van der Waals surface area contributed by atoms with Gasteiger partial charge in [0.2, 0.25) is 0 Å². The smallest absolute Gasteiger partial charge is 0.457 e. The summed E-state index contributed by atoms with van der Waals surface area (Å²) in [6.07, 6.45) is 0. The Morgan fingerprint density at radius 2 is 1.65 bits per heavy atom. The van der Waals surface area contributed by atoms with Crippen LogP contribution in [0.4, 0.5) is 5.69 Å². The highest BCUT2D eigenvalue weighted by molar-refractivity contribution is 6.58. The van der Waals surface area contributed by atoms with Crippen molar-refractivity contribution in [2.45, 2.75) is 0 Å². The van der Waals surface area contributed by atoms with Gasteiger partial charge in [0.25, 0.3) is 0 Å². The van der Waals surface area contributed by atoms with Crippen LogP contribution < -0.4 is 15.9 Å². The largest absolute Gasteiger partial charge is 0.488 e. The second-order valence-corrected chi connectivity index (χ2v) is 3.62. The van der Waals surface area contributed by atoms with Crippen LogP contribution in [0.15, 0.2) is 48.5 Å². The molecule has 0 bridgehead atoms. The summed E-state index contributed by atoms with van der Waals surface area (Å²) in [5.74, 6) is 1.25. The predicted octanol–water partition coefficient (Wildman–Crippen LogP) is 0.741. The molecule has 0 radical (unpaired) electrons. The number of hydrogen-bond acceptors (Lipinski definition) is 4. The van der Waals surface area contributed by atoms with E-state index in [1.54, 1.807) is 48.5 Å². The molecule has 17 heavy (non-hydrogen) atoms. The van der Waals surface area contributed by atoms with E-state index in [0.29, 0.717) is 22.6 Å². The molecule has 2 aromatic rings. The minimum absolute atomic E-state index is 0.421. The van der Waals surface area contributed by atoms with E-state index in [1.165, 1.54) is 0 Å². The zero-order valence-corrected chi connectivity index (χ0v) is 9.08. The first-order chi connectivity index (χ1) is 8.15. The van der Waals surface area contributed by atoms with Crippen LogP contribution in [0.2, 0.25) is 0 Å². The van der Waals surface area contributed by atoms with Crippen LogP contribution in [0, 0.1) is 0 Å². The lowest BCUT2D eigenvalue weighted by molar-refractivity contribution is 0.425. The van der Waals surface area contributed by atoms with Gasteiger partial charge >= 0.3 is 7.12 Å². The molecule has 0 fully saturated rings. The molecule has 0 atom stereocenters. The maximum absolute atomic E-state index is 8.94. The van der Waals surface area contributed by atoms with Crippen LogP contribution in [-0.2, 0) is 0 Å². The van der Waals surface area contributed by atoms with Gasteiger partial charge in [0.05, 0.1) is 0 Å². The van der Waals surface area contributed by atoms with E-state index in [4.69, 9.17) is 20.5 Å². The van der Waals surface area contributed by atoms with Gasteiger partial charge in [0, 0.05) is 11.8 Å². The molecule has 0 heterocycles. The molecule has 4 N–H and O–H groups in total. The standard InChI is InChI=1S/C12H12BNO3/c14-10-2-1-3-12(8-10)17-11-6-4-9(5-7-11)13(15)16/h1-8,15-16H,14H2. The normalized spacial score (nSPS) is 10.0. The summed E-state index contributed by atoms with van der Waals surface area (Å²) in [6, 6.07) is 13.6. The van der Waals surface area contributed by atoms with Gasteiger partial charge in [-0.2, -0.15) is 0 Å². The summed E-state index contributed by atoms with van der Waals surface area (Å²) >= 11 is 0. The zero-order chi connectivity index (χ0) is 12.3. The fraction of sp³-hybridized carbons (Fsp3) is 0. The van der Waals surface area contributed by atoms with Crippen molar-refractivity contribution in [3.8, 4) is 11.5 Å². The number of benzene rings is 2. The van der Waals surface area contributed by atoms with Crippen molar-refractivity contribution in [3.63, 3.8) is 0 Å². The molecule has 0 saturated heterocycles. The van der Waals surface area contributed by atoms with Crippen molar-refractivity contribution in [2.75, 3.05) is 5.73 Å². The monoisotopic (exact) mass is 229 g/mol. The van der Waals surface area contributed by atoms with E-state index < -0.39 is 7.12 Å². The maximum atomic E-state index is 8.94. The molecule has 2 rings (SSSR count). The van der Waals surface area contributed by atoms with Crippen LogP contribution in [-0.4, -0.2) is 17.2 Å². The van der Waals surface area contributed by atoms with Crippen LogP contribution in [0.5, 0.6) is 11.5 Å². The van der Waals surface area contributed by atoms with E-state index >= 15 is 0 Å². The molecule has 0 aliphatic heterocycles. The Morgan fingerprint density at radius 3 is 2.24 bits per heavy atom. The van der Waals surface area contributed by atoms with Gasteiger partial charge in [0.1, 0.15) is 11.5 Å². The van der Waals surface area contributed by atoms with Crippen molar-refractivity contribution in [1.29, 1.82) is 0 Å². The summed E-state index contributed by atoms with van der Waals surface area (Å²) in [7, 11) is -1.46. The van der Waals surface area contributed by atoms with Crippen LogP contribution in [0.1, 0.15) is 0 Å². The highest BCUT2D eigenvalue weighted by Crippen LogP contribution is 2.22. The molecule has 0 spiro atoms. The van der Waals surface area contributed by atoms with E-state index in [9.17, 15) is 0 Å². The first kappa shape index (κ1) is 11.5. The van der Waals surface area contributed by atoms with Crippen molar-refractivity contribution < 1.29 is 14.8 Å². The average Bonchev–Trinajstić information content (AvgIpc) is 2.29. The van der Waals surface area contributed by atoms with Gasteiger partial charge in [-0.15, -0.1) is 0 Å². The van der Waals surface area contributed by atoms with E-state index in [1.807, 2.05) is 0 Å². The van der Waals surface area contributed by atoms with Crippen LogP contribution in [0.3, 0.4) is 0 Å². The predicted molar refractivity (Wildman–Crippen MR) is 67.2 cm³/mol. The second kappa shape index (κ2) is 4.90.